The van der Waals surface area contributed by atoms with Crippen LogP contribution < -0.4 is 4.90 Å². The number of likely N-dealkylation sites (N-methyl/N-ethyl adjacent to an activating group) is 1. The summed E-state index contributed by atoms with van der Waals surface area (Å²) in [5.74, 6) is 5.21. The van der Waals surface area contributed by atoms with E-state index in [0.29, 0.717) is 17.1 Å². The Balaban J connectivity index is 1.27. The molecule has 208 valence electrons. The number of benzene rings is 2. The number of anilines is 1. The number of aliphatic hydroxyl groups is 1. The van der Waals surface area contributed by atoms with Crippen molar-refractivity contribution in [1.82, 2.24) is 0 Å². The van der Waals surface area contributed by atoms with Crippen molar-refractivity contribution in [2.75, 3.05) is 11.9 Å². The molecular weight excluding hydrogens is 466 g/mol. The summed E-state index contributed by atoms with van der Waals surface area (Å²) in [7, 11) is 2.09. The quantitative estimate of drug-likeness (QED) is 0.418. The molecule has 38 heavy (non-hydrogen) atoms. The van der Waals surface area contributed by atoms with E-state index in [-0.39, 0.29) is 17.6 Å². The van der Waals surface area contributed by atoms with Crippen LogP contribution in [0.1, 0.15) is 91.9 Å². The van der Waals surface area contributed by atoms with E-state index >= 15 is 0 Å². The van der Waals surface area contributed by atoms with Crippen molar-refractivity contribution >= 4 is 16.5 Å². The Kier molecular flexibility index (Phi) is 6.77. The van der Waals surface area contributed by atoms with Crippen LogP contribution in [0.5, 0.6) is 5.75 Å². The zero-order valence-electron chi connectivity index (χ0n) is 24.5. The molecule has 4 aliphatic rings. The van der Waals surface area contributed by atoms with E-state index in [1.54, 1.807) is 0 Å². The van der Waals surface area contributed by atoms with Crippen LogP contribution >= 0.6 is 0 Å². The van der Waals surface area contributed by atoms with Crippen molar-refractivity contribution in [3.05, 3.63) is 36.4 Å². The van der Waals surface area contributed by atoms with Crippen LogP contribution in [0.2, 0.25) is 0 Å². The molecule has 0 aromatic heterocycles. The van der Waals surface area contributed by atoms with Gasteiger partial charge in [0.1, 0.15) is 5.75 Å². The lowest BCUT2D eigenvalue weighted by Crippen LogP contribution is -2.59. The fourth-order valence-electron chi connectivity index (χ4n) is 11.0. The molecule has 0 amide bonds. The molecule has 0 aliphatic heterocycles. The zero-order valence-corrected chi connectivity index (χ0v) is 24.5. The molecule has 2 aromatic rings. The topological polar surface area (TPSA) is 43.7 Å². The minimum atomic E-state index is -0.347. The molecule has 0 saturated heterocycles. The second-order valence-electron chi connectivity index (χ2n) is 14.5. The third-order valence-corrected chi connectivity index (χ3v) is 12.9. The van der Waals surface area contributed by atoms with Crippen LogP contribution in [0.4, 0.5) is 5.69 Å². The third kappa shape index (κ3) is 4.01. The highest BCUT2D eigenvalue weighted by atomic mass is 16.3. The molecule has 1 unspecified atom stereocenters. The van der Waals surface area contributed by atoms with Crippen LogP contribution in [0.3, 0.4) is 0 Å². The first-order valence-corrected chi connectivity index (χ1v) is 15.8. The highest BCUT2D eigenvalue weighted by Gasteiger charge is 2.61. The molecule has 3 nitrogen and oxygen atoms in total. The highest BCUT2D eigenvalue weighted by Crippen LogP contribution is 2.68. The maximum absolute atomic E-state index is 11.5. The number of hydrogen-bond donors (Lipinski definition) is 2. The van der Waals surface area contributed by atoms with Gasteiger partial charge in [-0.2, -0.15) is 0 Å². The lowest BCUT2D eigenvalue weighted by molar-refractivity contribution is -0.134. The smallest absolute Gasteiger partial charge is 0.139 e. The molecule has 2 N–H and O–H groups in total. The lowest BCUT2D eigenvalue weighted by atomic mass is 9.44. The Morgan fingerprint density at radius 2 is 1.68 bits per heavy atom. The Morgan fingerprint density at radius 1 is 0.974 bits per heavy atom. The Bertz CT molecular complexity index is 1160. The Hall–Kier alpha value is -1.74. The fraction of sp³-hybridized carbons (Fsp3) is 0.714. The molecular formula is C35H51NO2. The number of rotatable bonds is 5. The molecule has 4 fully saturated rings. The predicted molar refractivity (Wildman–Crippen MR) is 158 cm³/mol. The van der Waals surface area contributed by atoms with Gasteiger partial charge in [-0.3, -0.25) is 0 Å². The number of fused-ring (bicyclic) bond motifs is 6. The van der Waals surface area contributed by atoms with Crippen LogP contribution in [-0.4, -0.2) is 29.4 Å². The average molecular weight is 518 g/mol. The molecule has 0 bridgehead atoms. The largest absolute Gasteiger partial charge is 0.506 e. The molecule has 4 aliphatic carbocycles. The van der Waals surface area contributed by atoms with Gasteiger partial charge in [0.2, 0.25) is 0 Å². The van der Waals surface area contributed by atoms with E-state index in [2.05, 4.69) is 63.9 Å². The van der Waals surface area contributed by atoms with Crippen molar-refractivity contribution in [2.24, 2.45) is 46.3 Å². The maximum atomic E-state index is 11.5. The summed E-state index contributed by atoms with van der Waals surface area (Å²) in [6.45, 7) is 10.2. The SMILES string of the molecule is CCC[C@@H](C)[C@H]1CC[C@H]2[C@@H]3CCC4C[C@@H](O)[C@H](N(C)c5cc6ccccc6cc5O)C[C@]4(C)[C@H]3CC[C@]12C. The highest BCUT2D eigenvalue weighted by molar-refractivity contribution is 5.88. The minimum absolute atomic E-state index is 0.0382. The second-order valence-corrected chi connectivity index (χ2v) is 14.5. The van der Waals surface area contributed by atoms with Crippen molar-refractivity contribution in [2.45, 2.75) is 104 Å². The molecule has 4 saturated carbocycles. The Labute approximate surface area is 231 Å². The van der Waals surface area contributed by atoms with Crippen molar-refractivity contribution < 1.29 is 10.2 Å². The van der Waals surface area contributed by atoms with Gasteiger partial charge in [-0.25, -0.2) is 0 Å². The predicted octanol–water partition coefficient (Wildman–Crippen LogP) is 8.42. The summed E-state index contributed by atoms with van der Waals surface area (Å²) >= 11 is 0. The zero-order chi connectivity index (χ0) is 26.8. The molecule has 2 aromatic carbocycles. The third-order valence-electron chi connectivity index (χ3n) is 12.9. The van der Waals surface area contributed by atoms with Gasteiger partial charge in [0, 0.05) is 7.05 Å². The van der Waals surface area contributed by atoms with Gasteiger partial charge in [-0.05, 0) is 121 Å². The van der Waals surface area contributed by atoms with Gasteiger partial charge >= 0.3 is 0 Å². The van der Waals surface area contributed by atoms with Crippen molar-refractivity contribution in [3.8, 4) is 5.75 Å². The summed E-state index contributed by atoms with van der Waals surface area (Å²) in [6, 6.07) is 12.3. The van der Waals surface area contributed by atoms with E-state index < -0.39 is 0 Å². The van der Waals surface area contributed by atoms with E-state index in [4.69, 9.17) is 0 Å². The van der Waals surface area contributed by atoms with Crippen LogP contribution in [-0.2, 0) is 0 Å². The molecule has 10 atom stereocenters. The van der Waals surface area contributed by atoms with Crippen molar-refractivity contribution in [1.29, 1.82) is 0 Å². The maximum Gasteiger partial charge on any atom is 0.139 e. The standard InChI is InChI=1S/C35H51NO2/c1-6-9-22(2)27-14-15-28-26-13-12-25-20-33(38)31(21-35(25,4)29(26)16-17-34(27,28)3)36(5)30-18-23-10-7-8-11-24(23)19-32(30)37/h7-8,10-11,18-19,22,25-29,31,33,37-38H,6,9,12-17,20-21H2,1-5H3/t22-,25?,26+,27-,28+,29+,31-,33-,34-,35+/m1/s1. The number of aliphatic hydroxyl groups excluding tert-OH is 1. The van der Waals surface area contributed by atoms with Gasteiger partial charge in [-0.1, -0.05) is 64.8 Å². The minimum Gasteiger partial charge on any atom is -0.506 e. The summed E-state index contributed by atoms with van der Waals surface area (Å²) in [5, 5.41) is 24.7. The second kappa shape index (κ2) is 9.72. The van der Waals surface area contributed by atoms with Gasteiger partial charge in [0.05, 0.1) is 17.8 Å². The molecule has 0 spiro atoms. The van der Waals surface area contributed by atoms with Gasteiger partial charge < -0.3 is 15.1 Å². The van der Waals surface area contributed by atoms with Crippen LogP contribution in [0.25, 0.3) is 10.8 Å². The molecule has 0 radical (unpaired) electrons. The van der Waals surface area contributed by atoms with Crippen molar-refractivity contribution in [3.63, 3.8) is 0 Å². The van der Waals surface area contributed by atoms with Crippen LogP contribution in [0, 0.1) is 46.3 Å². The molecule has 0 heterocycles. The number of phenolic OH excluding ortho intramolecular Hbond substituents is 1. The van der Waals surface area contributed by atoms with E-state index in [1.165, 1.54) is 51.4 Å². The monoisotopic (exact) mass is 517 g/mol. The first kappa shape index (κ1) is 26.5. The van der Waals surface area contributed by atoms with E-state index in [1.807, 2.05) is 12.1 Å². The van der Waals surface area contributed by atoms with E-state index in [9.17, 15) is 10.2 Å². The summed E-state index contributed by atoms with van der Waals surface area (Å²) in [5.41, 5.74) is 1.64. The lowest BCUT2D eigenvalue weighted by Gasteiger charge is -2.62. The normalized spacial score (nSPS) is 41.3. The van der Waals surface area contributed by atoms with Gasteiger partial charge in [-0.15, -0.1) is 0 Å². The number of aromatic hydroxyl groups is 1. The van der Waals surface area contributed by atoms with Crippen LogP contribution in [0.15, 0.2) is 36.4 Å². The first-order chi connectivity index (χ1) is 18.2. The fourth-order valence-corrected chi connectivity index (χ4v) is 11.0. The van der Waals surface area contributed by atoms with E-state index in [0.717, 1.165) is 58.9 Å². The summed E-state index contributed by atoms with van der Waals surface area (Å²) in [6.07, 6.45) is 12.6. The molecule has 3 heteroatoms. The molecule has 6 rings (SSSR count). The average Bonchev–Trinajstić information content (AvgIpc) is 3.25. The van der Waals surface area contributed by atoms with Gasteiger partial charge in [0.25, 0.3) is 0 Å². The van der Waals surface area contributed by atoms with Gasteiger partial charge in [0.15, 0.2) is 0 Å². The number of hydrogen-bond acceptors (Lipinski definition) is 3. The summed E-state index contributed by atoms with van der Waals surface area (Å²) < 4.78 is 0. The Morgan fingerprint density at radius 3 is 2.42 bits per heavy atom. The first-order valence-electron chi connectivity index (χ1n) is 15.8. The summed E-state index contributed by atoms with van der Waals surface area (Å²) in [4.78, 5) is 2.21. The number of nitrogens with zero attached hydrogens (tertiary/aromatic N) is 1. The number of phenols is 1.